The monoisotopic (exact) mass is 362 g/mol. The predicted octanol–water partition coefficient (Wildman–Crippen LogP) is 2.51. The molecule has 146 valence electrons. The van der Waals surface area contributed by atoms with Crippen LogP contribution in [0.25, 0.3) is 0 Å². The third-order valence-electron chi connectivity index (χ3n) is 5.55. The van der Waals surface area contributed by atoms with Crippen molar-refractivity contribution < 1.29 is 9.59 Å². The number of carbonyl (C=O) groups excluding carboxylic acids is 2. The van der Waals surface area contributed by atoms with Crippen molar-refractivity contribution in [2.45, 2.75) is 65.7 Å². The molecule has 6 nitrogen and oxygen atoms in total. The van der Waals surface area contributed by atoms with Crippen molar-refractivity contribution in [3.8, 4) is 0 Å². The van der Waals surface area contributed by atoms with E-state index in [1.54, 1.807) is 0 Å². The number of piperidine rings is 1. The molecule has 0 unspecified atom stereocenters. The Labute approximate surface area is 157 Å². The van der Waals surface area contributed by atoms with Crippen LogP contribution in [-0.4, -0.2) is 46.1 Å². The normalized spacial score (nSPS) is 15.3. The Morgan fingerprint density at radius 3 is 2.46 bits per heavy atom. The van der Waals surface area contributed by atoms with E-state index in [0.717, 1.165) is 56.5 Å². The highest BCUT2D eigenvalue weighted by molar-refractivity contribution is 5.80. The molecular weight excluding hydrogens is 328 g/mol. The number of likely N-dealkylation sites (tertiary alicyclic amines) is 1. The number of rotatable bonds is 8. The molecule has 2 rings (SSSR count). The molecule has 1 saturated heterocycles. The maximum Gasteiger partial charge on any atom is 0.223 e. The number of carbonyl (C=O) groups is 2. The molecule has 1 aromatic heterocycles. The van der Waals surface area contributed by atoms with Crippen LogP contribution in [0.15, 0.2) is 0 Å². The summed E-state index contributed by atoms with van der Waals surface area (Å²) in [7, 11) is 1.94. The van der Waals surface area contributed by atoms with E-state index in [1.807, 2.05) is 30.5 Å². The lowest BCUT2D eigenvalue weighted by Gasteiger charge is -2.31. The van der Waals surface area contributed by atoms with Crippen LogP contribution in [-0.2, 0) is 23.1 Å². The second-order valence-electron chi connectivity index (χ2n) is 7.43. The number of nitrogens with one attached hydrogen (secondary N) is 1. The molecule has 0 saturated carbocycles. The Kier molecular flexibility index (Phi) is 7.66. The quantitative estimate of drug-likeness (QED) is 0.723. The first kappa shape index (κ1) is 20.5. The lowest BCUT2D eigenvalue weighted by molar-refractivity contribution is -0.135. The molecule has 1 aliphatic heterocycles. The average molecular weight is 363 g/mol. The number of aryl methyl sites for hydroxylation is 2. The molecule has 0 spiro atoms. The molecule has 0 radical (unpaired) electrons. The standard InChI is InChI=1S/C20H34N4O2/c1-5-6-7-12-21-20(26)17-10-13-24(14-11-17)19(25)9-8-18-15(2)22-23(4)16(18)3/h17H,5-14H2,1-4H3,(H,21,26). The van der Waals surface area contributed by atoms with Crippen LogP contribution in [0.3, 0.4) is 0 Å². The van der Waals surface area contributed by atoms with E-state index in [-0.39, 0.29) is 17.7 Å². The third-order valence-corrected chi connectivity index (χ3v) is 5.55. The highest BCUT2D eigenvalue weighted by Crippen LogP contribution is 2.20. The molecule has 0 aliphatic carbocycles. The Morgan fingerprint density at radius 1 is 1.19 bits per heavy atom. The lowest BCUT2D eigenvalue weighted by atomic mass is 9.95. The van der Waals surface area contributed by atoms with Gasteiger partial charge in [0.25, 0.3) is 0 Å². The minimum atomic E-state index is 0.0588. The molecule has 6 heteroatoms. The van der Waals surface area contributed by atoms with Gasteiger partial charge in [0, 0.05) is 44.7 Å². The molecule has 0 atom stereocenters. The fourth-order valence-electron chi connectivity index (χ4n) is 3.69. The topological polar surface area (TPSA) is 67.2 Å². The van der Waals surface area contributed by atoms with Gasteiger partial charge in [0.15, 0.2) is 0 Å². The van der Waals surface area contributed by atoms with Crippen LogP contribution in [0.1, 0.15) is 62.4 Å². The summed E-state index contributed by atoms with van der Waals surface area (Å²) >= 11 is 0. The van der Waals surface area contributed by atoms with Gasteiger partial charge in [0.1, 0.15) is 0 Å². The zero-order valence-corrected chi connectivity index (χ0v) is 16.8. The molecule has 0 aromatic carbocycles. The van der Waals surface area contributed by atoms with Gasteiger partial charge in [0.2, 0.25) is 11.8 Å². The van der Waals surface area contributed by atoms with E-state index >= 15 is 0 Å². The van der Waals surface area contributed by atoms with Crippen LogP contribution in [0.5, 0.6) is 0 Å². The fraction of sp³-hybridized carbons (Fsp3) is 0.750. The second-order valence-corrected chi connectivity index (χ2v) is 7.43. The van der Waals surface area contributed by atoms with Gasteiger partial charge in [-0.05, 0) is 45.1 Å². The van der Waals surface area contributed by atoms with Gasteiger partial charge in [-0.2, -0.15) is 5.10 Å². The summed E-state index contributed by atoms with van der Waals surface area (Å²) in [5.41, 5.74) is 3.33. The number of nitrogens with zero attached hydrogens (tertiary/aromatic N) is 3. The number of hydrogen-bond acceptors (Lipinski definition) is 3. The maximum absolute atomic E-state index is 12.5. The number of unbranched alkanes of at least 4 members (excludes halogenated alkanes) is 2. The summed E-state index contributed by atoms with van der Waals surface area (Å²) in [6.45, 7) is 8.36. The van der Waals surface area contributed by atoms with E-state index in [4.69, 9.17) is 0 Å². The van der Waals surface area contributed by atoms with Crippen molar-refractivity contribution in [3.05, 3.63) is 17.0 Å². The Morgan fingerprint density at radius 2 is 1.88 bits per heavy atom. The Balaban J connectivity index is 1.73. The summed E-state index contributed by atoms with van der Waals surface area (Å²) in [4.78, 5) is 26.6. The number of amides is 2. The summed E-state index contributed by atoms with van der Waals surface area (Å²) in [5.74, 6) is 0.410. The van der Waals surface area contributed by atoms with E-state index in [1.165, 1.54) is 5.56 Å². The summed E-state index contributed by atoms with van der Waals surface area (Å²) < 4.78 is 1.87. The fourth-order valence-corrected chi connectivity index (χ4v) is 3.69. The van der Waals surface area contributed by atoms with Crippen molar-refractivity contribution in [3.63, 3.8) is 0 Å². The van der Waals surface area contributed by atoms with E-state index in [9.17, 15) is 9.59 Å². The summed E-state index contributed by atoms with van der Waals surface area (Å²) in [6, 6.07) is 0. The van der Waals surface area contributed by atoms with Crippen molar-refractivity contribution in [2.75, 3.05) is 19.6 Å². The lowest BCUT2D eigenvalue weighted by Crippen LogP contribution is -2.43. The molecule has 2 heterocycles. The van der Waals surface area contributed by atoms with Crippen molar-refractivity contribution in [1.29, 1.82) is 0 Å². The highest BCUT2D eigenvalue weighted by atomic mass is 16.2. The van der Waals surface area contributed by atoms with Crippen molar-refractivity contribution in [1.82, 2.24) is 20.0 Å². The van der Waals surface area contributed by atoms with E-state index < -0.39 is 0 Å². The largest absolute Gasteiger partial charge is 0.356 e. The predicted molar refractivity (Wildman–Crippen MR) is 103 cm³/mol. The van der Waals surface area contributed by atoms with Gasteiger partial charge >= 0.3 is 0 Å². The van der Waals surface area contributed by atoms with Gasteiger partial charge in [-0.1, -0.05) is 19.8 Å². The van der Waals surface area contributed by atoms with Gasteiger partial charge in [-0.15, -0.1) is 0 Å². The first-order valence-electron chi connectivity index (χ1n) is 9.98. The minimum absolute atomic E-state index is 0.0588. The second kappa shape index (κ2) is 9.74. The molecular formula is C20H34N4O2. The van der Waals surface area contributed by atoms with Crippen molar-refractivity contribution in [2.24, 2.45) is 13.0 Å². The SMILES string of the molecule is CCCCCNC(=O)C1CCN(C(=O)CCc2c(C)nn(C)c2C)CC1. The van der Waals surface area contributed by atoms with E-state index in [0.29, 0.717) is 19.5 Å². The molecule has 2 amide bonds. The van der Waals surface area contributed by atoms with Crippen molar-refractivity contribution >= 4 is 11.8 Å². The molecule has 0 bridgehead atoms. The average Bonchev–Trinajstić information content (AvgIpc) is 2.88. The van der Waals surface area contributed by atoms with Crippen LogP contribution in [0, 0.1) is 19.8 Å². The maximum atomic E-state index is 12.5. The zero-order chi connectivity index (χ0) is 19.1. The van der Waals surface area contributed by atoms with Gasteiger partial charge in [-0.25, -0.2) is 0 Å². The first-order valence-corrected chi connectivity index (χ1v) is 9.98. The summed E-state index contributed by atoms with van der Waals surface area (Å²) in [5, 5.41) is 7.45. The first-order chi connectivity index (χ1) is 12.4. The van der Waals surface area contributed by atoms with Gasteiger partial charge in [0.05, 0.1) is 5.69 Å². The van der Waals surface area contributed by atoms with Crippen LogP contribution in [0.4, 0.5) is 0 Å². The minimum Gasteiger partial charge on any atom is -0.356 e. The van der Waals surface area contributed by atoms with Crippen LogP contribution < -0.4 is 5.32 Å². The number of hydrogen-bond donors (Lipinski definition) is 1. The van der Waals surface area contributed by atoms with E-state index in [2.05, 4.69) is 17.3 Å². The smallest absolute Gasteiger partial charge is 0.223 e. The van der Waals surface area contributed by atoms with Crippen LogP contribution in [0.2, 0.25) is 0 Å². The third kappa shape index (κ3) is 5.32. The Bertz CT molecular complexity index is 616. The Hall–Kier alpha value is -1.85. The number of aromatic nitrogens is 2. The molecule has 26 heavy (non-hydrogen) atoms. The van der Waals surface area contributed by atoms with Gasteiger partial charge < -0.3 is 10.2 Å². The summed E-state index contributed by atoms with van der Waals surface area (Å²) in [6.07, 6.45) is 6.17. The highest BCUT2D eigenvalue weighted by Gasteiger charge is 2.27. The molecule has 1 fully saturated rings. The molecule has 1 aliphatic rings. The van der Waals surface area contributed by atoms with Crippen LogP contribution >= 0.6 is 0 Å². The van der Waals surface area contributed by atoms with Gasteiger partial charge in [-0.3, -0.25) is 14.3 Å². The zero-order valence-electron chi connectivity index (χ0n) is 16.8. The molecule has 1 aromatic rings. The molecule has 1 N–H and O–H groups in total.